The predicted molar refractivity (Wildman–Crippen MR) is 65.0 cm³/mol. The molecule has 0 unspecified atom stereocenters. The van der Waals surface area contributed by atoms with Crippen LogP contribution in [-0.4, -0.2) is 4.98 Å². The van der Waals surface area contributed by atoms with Crippen molar-refractivity contribution < 1.29 is 9.13 Å². The van der Waals surface area contributed by atoms with E-state index in [4.69, 9.17) is 16.3 Å². The van der Waals surface area contributed by atoms with Crippen molar-refractivity contribution in [1.29, 1.82) is 0 Å². The van der Waals surface area contributed by atoms with Gasteiger partial charge in [0.2, 0.25) is 0 Å². The molecule has 88 valence electrons. The summed E-state index contributed by atoms with van der Waals surface area (Å²) < 4.78 is 18.7. The fraction of sp³-hybridized carbons (Fsp3) is 0.154. The van der Waals surface area contributed by atoms with E-state index in [9.17, 15) is 4.39 Å². The molecule has 0 radical (unpaired) electrons. The first-order valence-electron chi connectivity index (χ1n) is 5.14. The van der Waals surface area contributed by atoms with Crippen LogP contribution in [0.15, 0.2) is 36.5 Å². The zero-order valence-electron chi connectivity index (χ0n) is 9.28. The molecule has 0 atom stereocenters. The number of nitrogens with zero attached hydrogens (tertiary/aromatic N) is 1. The highest BCUT2D eigenvalue weighted by atomic mass is 35.5. The van der Waals surface area contributed by atoms with Crippen LogP contribution in [0.5, 0.6) is 11.5 Å². The smallest absolute Gasteiger partial charge is 0.133 e. The molecule has 0 amide bonds. The second-order valence-electron chi connectivity index (χ2n) is 3.63. The number of halogens is 2. The highest BCUT2D eigenvalue weighted by Gasteiger charge is 2.04. The first-order chi connectivity index (χ1) is 8.19. The van der Waals surface area contributed by atoms with Crippen molar-refractivity contribution in [2.75, 3.05) is 0 Å². The Kier molecular flexibility index (Phi) is 3.59. The molecule has 4 heteroatoms. The lowest BCUT2D eigenvalue weighted by Gasteiger charge is -2.09. The van der Waals surface area contributed by atoms with E-state index < -0.39 is 0 Å². The lowest BCUT2D eigenvalue weighted by atomic mass is 10.2. The second-order valence-corrected chi connectivity index (χ2v) is 3.90. The summed E-state index contributed by atoms with van der Waals surface area (Å²) >= 11 is 5.68. The maximum atomic E-state index is 13.1. The molecule has 1 aromatic carbocycles. The van der Waals surface area contributed by atoms with Crippen LogP contribution in [0.25, 0.3) is 0 Å². The number of aromatic nitrogens is 1. The lowest BCUT2D eigenvalue weighted by molar-refractivity contribution is 0.471. The average molecular weight is 252 g/mol. The zero-order valence-corrected chi connectivity index (χ0v) is 10.0. The molecule has 0 saturated carbocycles. The van der Waals surface area contributed by atoms with Crippen molar-refractivity contribution in [1.82, 2.24) is 4.98 Å². The van der Waals surface area contributed by atoms with Crippen LogP contribution in [-0.2, 0) is 5.88 Å². The maximum absolute atomic E-state index is 13.1. The summed E-state index contributed by atoms with van der Waals surface area (Å²) in [7, 11) is 0. The topological polar surface area (TPSA) is 22.1 Å². The Balaban J connectivity index is 2.27. The van der Waals surface area contributed by atoms with Crippen LogP contribution in [0.2, 0.25) is 0 Å². The quantitative estimate of drug-likeness (QED) is 0.768. The minimum Gasteiger partial charge on any atom is -0.457 e. The van der Waals surface area contributed by atoms with Crippen LogP contribution in [0.1, 0.15) is 11.3 Å². The number of ether oxygens (including phenoxy) is 1. The molecule has 0 aliphatic carbocycles. The van der Waals surface area contributed by atoms with E-state index in [1.54, 1.807) is 24.4 Å². The summed E-state index contributed by atoms with van der Waals surface area (Å²) in [4.78, 5) is 4.05. The molecule has 0 N–H and O–H groups in total. The van der Waals surface area contributed by atoms with E-state index in [1.165, 1.54) is 12.1 Å². The van der Waals surface area contributed by atoms with Gasteiger partial charge in [-0.05, 0) is 24.6 Å². The number of alkyl halides is 1. The summed E-state index contributed by atoms with van der Waals surface area (Å²) in [6, 6.07) is 7.88. The standard InChI is InChI=1S/C13H11ClFNO/c1-9-2-3-10(15)6-13(9)17-12-4-5-16-11(7-12)8-14/h2-7H,8H2,1H3. The minimum atomic E-state index is -0.322. The van der Waals surface area contributed by atoms with Gasteiger partial charge >= 0.3 is 0 Å². The van der Waals surface area contributed by atoms with Crippen molar-refractivity contribution in [2.45, 2.75) is 12.8 Å². The van der Waals surface area contributed by atoms with Crippen LogP contribution >= 0.6 is 11.6 Å². The van der Waals surface area contributed by atoms with Gasteiger partial charge in [-0.1, -0.05) is 6.07 Å². The van der Waals surface area contributed by atoms with E-state index >= 15 is 0 Å². The molecule has 0 aliphatic rings. The minimum absolute atomic E-state index is 0.319. The van der Waals surface area contributed by atoms with E-state index in [1.807, 2.05) is 6.92 Å². The van der Waals surface area contributed by atoms with Crippen molar-refractivity contribution in [3.05, 3.63) is 53.6 Å². The first kappa shape index (κ1) is 11.9. The van der Waals surface area contributed by atoms with Gasteiger partial charge in [0.25, 0.3) is 0 Å². The van der Waals surface area contributed by atoms with Gasteiger partial charge in [-0.2, -0.15) is 0 Å². The summed E-state index contributed by atoms with van der Waals surface area (Å²) in [5.41, 5.74) is 1.59. The van der Waals surface area contributed by atoms with Crippen LogP contribution in [0.3, 0.4) is 0 Å². The van der Waals surface area contributed by atoms with Gasteiger partial charge < -0.3 is 4.74 Å². The average Bonchev–Trinajstić information content (AvgIpc) is 2.34. The van der Waals surface area contributed by atoms with Gasteiger partial charge in [0.1, 0.15) is 17.3 Å². The number of hydrogen-bond donors (Lipinski definition) is 0. The van der Waals surface area contributed by atoms with Gasteiger partial charge in [0, 0.05) is 18.3 Å². The Bertz CT molecular complexity index is 531. The van der Waals surface area contributed by atoms with E-state index in [0.717, 1.165) is 11.3 Å². The molecule has 0 aliphatic heterocycles. The molecular weight excluding hydrogens is 241 g/mol. The monoisotopic (exact) mass is 251 g/mol. The zero-order chi connectivity index (χ0) is 12.3. The van der Waals surface area contributed by atoms with Gasteiger partial charge in [-0.25, -0.2) is 4.39 Å². The fourth-order valence-electron chi connectivity index (χ4n) is 1.40. The van der Waals surface area contributed by atoms with Crippen molar-refractivity contribution >= 4 is 11.6 Å². The molecular formula is C13H11ClFNO. The summed E-state index contributed by atoms with van der Waals surface area (Å²) in [5, 5.41) is 0. The van der Waals surface area contributed by atoms with E-state index in [-0.39, 0.29) is 5.82 Å². The Morgan fingerprint density at radius 3 is 2.88 bits per heavy atom. The predicted octanol–water partition coefficient (Wildman–Crippen LogP) is 4.06. The number of hydrogen-bond acceptors (Lipinski definition) is 2. The van der Waals surface area contributed by atoms with Crippen molar-refractivity contribution in [3.63, 3.8) is 0 Å². The molecule has 2 aromatic rings. The Hall–Kier alpha value is -1.61. The Morgan fingerprint density at radius 1 is 1.29 bits per heavy atom. The highest BCUT2D eigenvalue weighted by Crippen LogP contribution is 2.25. The van der Waals surface area contributed by atoms with Crippen LogP contribution in [0.4, 0.5) is 4.39 Å². The summed E-state index contributed by atoms with van der Waals surface area (Å²) in [6.45, 7) is 1.86. The number of rotatable bonds is 3. The Morgan fingerprint density at radius 2 is 2.12 bits per heavy atom. The molecule has 2 nitrogen and oxygen atoms in total. The fourth-order valence-corrected chi connectivity index (χ4v) is 1.55. The van der Waals surface area contributed by atoms with Crippen molar-refractivity contribution in [2.24, 2.45) is 0 Å². The van der Waals surface area contributed by atoms with Crippen LogP contribution < -0.4 is 4.74 Å². The molecule has 0 bridgehead atoms. The SMILES string of the molecule is Cc1ccc(F)cc1Oc1ccnc(CCl)c1. The molecule has 0 saturated heterocycles. The summed E-state index contributed by atoms with van der Waals surface area (Å²) in [6.07, 6.45) is 1.61. The first-order valence-corrected chi connectivity index (χ1v) is 5.67. The second kappa shape index (κ2) is 5.15. The number of benzene rings is 1. The molecule has 0 spiro atoms. The third-order valence-corrected chi connectivity index (χ3v) is 2.58. The van der Waals surface area contributed by atoms with Gasteiger partial charge in [0.15, 0.2) is 0 Å². The normalized spacial score (nSPS) is 10.3. The van der Waals surface area contributed by atoms with Crippen molar-refractivity contribution in [3.8, 4) is 11.5 Å². The third-order valence-electron chi connectivity index (χ3n) is 2.30. The summed E-state index contributed by atoms with van der Waals surface area (Å²) in [5.74, 6) is 1.09. The van der Waals surface area contributed by atoms with Gasteiger partial charge in [-0.15, -0.1) is 11.6 Å². The largest absolute Gasteiger partial charge is 0.457 e. The number of pyridine rings is 1. The number of aryl methyl sites for hydroxylation is 1. The van der Waals surface area contributed by atoms with Gasteiger partial charge in [-0.3, -0.25) is 4.98 Å². The van der Waals surface area contributed by atoms with E-state index in [2.05, 4.69) is 4.98 Å². The van der Waals surface area contributed by atoms with E-state index in [0.29, 0.717) is 17.4 Å². The third kappa shape index (κ3) is 2.94. The van der Waals surface area contributed by atoms with Crippen LogP contribution in [0, 0.1) is 12.7 Å². The molecule has 2 rings (SSSR count). The molecule has 1 heterocycles. The Labute approximate surface area is 104 Å². The maximum Gasteiger partial charge on any atom is 0.133 e. The molecule has 0 fully saturated rings. The molecule has 17 heavy (non-hydrogen) atoms. The van der Waals surface area contributed by atoms with Gasteiger partial charge in [0.05, 0.1) is 11.6 Å². The lowest BCUT2D eigenvalue weighted by Crippen LogP contribution is -1.91. The molecule has 1 aromatic heterocycles. The highest BCUT2D eigenvalue weighted by molar-refractivity contribution is 6.16.